The van der Waals surface area contributed by atoms with Gasteiger partial charge in [0.1, 0.15) is 0 Å². The molecule has 0 bridgehead atoms. The van der Waals surface area contributed by atoms with E-state index in [1.807, 2.05) is 41.5 Å². The van der Waals surface area contributed by atoms with E-state index in [9.17, 15) is 0 Å². The van der Waals surface area contributed by atoms with Crippen LogP contribution in [0.2, 0.25) is 16.6 Å². The van der Waals surface area contributed by atoms with Gasteiger partial charge >= 0.3 is 159 Å². The van der Waals surface area contributed by atoms with E-state index in [0.717, 1.165) is 0 Å². The quantitative estimate of drug-likeness (QED) is 0.354. The molecule has 0 fully saturated rings. The summed E-state index contributed by atoms with van der Waals surface area (Å²) in [5.74, 6) is 0. The van der Waals surface area contributed by atoms with Gasteiger partial charge in [-0.3, -0.25) is 0 Å². The molecule has 0 N–H and O–H groups in total. The van der Waals surface area contributed by atoms with Gasteiger partial charge in [0.05, 0.1) is 0 Å². The van der Waals surface area contributed by atoms with E-state index in [1.165, 1.54) is 0 Å². The van der Waals surface area contributed by atoms with E-state index < -0.39 is 30.3 Å². The summed E-state index contributed by atoms with van der Waals surface area (Å²) in [4.78, 5) is 0. The minimum atomic E-state index is -4.17. The molecule has 0 amide bonds. The molecule has 0 saturated heterocycles. The zero-order valence-electron chi connectivity index (χ0n) is 18.1. The molecule has 0 radical (unpaired) electrons. The average Bonchev–Trinajstić information content (AvgIpc) is 2.31. The fourth-order valence-electron chi connectivity index (χ4n) is 3.59. The van der Waals surface area contributed by atoms with Crippen molar-refractivity contribution in [2.24, 2.45) is 0 Å². The molecule has 0 aliphatic rings. The van der Waals surface area contributed by atoms with Gasteiger partial charge < -0.3 is 0 Å². The summed E-state index contributed by atoms with van der Waals surface area (Å²) < 4.78 is 26.1. The van der Waals surface area contributed by atoms with Crippen LogP contribution in [-0.2, 0) is 33.0 Å². The first-order chi connectivity index (χ1) is 10.8. The minimum absolute atomic E-state index is 0.0245. The van der Waals surface area contributed by atoms with E-state index >= 15 is 0 Å². The van der Waals surface area contributed by atoms with Crippen molar-refractivity contribution < 1.29 is 33.0 Å². The predicted molar refractivity (Wildman–Crippen MR) is 101 cm³/mol. The molecular weight excluding hydrogens is 400 g/mol. The Hall–Kier alpha value is 0.940. The van der Waals surface area contributed by atoms with Crippen LogP contribution in [0.25, 0.3) is 0 Å². The molecule has 0 aliphatic carbocycles. The zero-order valence-corrected chi connectivity index (χ0v) is 21.6. The molecule has 0 aliphatic heterocycles. The summed E-state index contributed by atoms with van der Waals surface area (Å²) in [6.07, 6.45) is 0.0736. The van der Waals surface area contributed by atoms with Gasteiger partial charge in [-0.25, -0.2) is 0 Å². The molecule has 0 aromatic carbocycles. The zero-order chi connectivity index (χ0) is 19.3. The Morgan fingerprint density at radius 3 is 0.917 bits per heavy atom. The topological polar surface area (TPSA) is 36.9 Å². The third-order valence-electron chi connectivity index (χ3n) is 4.15. The number of hydrogen-bond acceptors (Lipinski definition) is 4. The van der Waals surface area contributed by atoms with Crippen molar-refractivity contribution in [1.82, 2.24) is 0 Å². The van der Waals surface area contributed by atoms with E-state index in [1.54, 1.807) is 0 Å². The van der Waals surface area contributed by atoms with Gasteiger partial charge in [-0.1, -0.05) is 0 Å². The van der Waals surface area contributed by atoms with Gasteiger partial charge in [0, 0.05) is 0 Å². The van der Waals surface area contributed by atoms with Crippen LogP contribution >= 0.6 is 0 Å². The van der Waals surface area contributed by atoms with Crippen LogP contribution in [0.4, 0.5) is 0 Å². The van der Waals surface area contributed by atoms with Crippen LogP contribution in [0, 0.1) is 0 Å². The van der Waals surface area contributed by atoms with Crippen molar-refractivity contribution in [3.63, 3.8) is 0 Å². The normalized spacial score (nSPS) is 14.2. The first kappa shape index (κ1) is 24.9. The van der Waals surface area contributed by atoms with Crippen molar-refractivity contribution in [3.05, 3.63) is 0 Å². The van der Waals surface area contributed by atoms with E-state index in [0.29, 0.717) is 16.6 Å². The second kappa shape index (κ2) is 10.3. The van der Waals surface area contributed by atoms with E-state index in [-0.39, 0.29) is 18.3 Å². The van der Waals surface area contributed by atoms with Crippen LogP contribution in [0.15, 0.2) is 0 Å². The number of hydrogen-bond donors (Lipinski definition) is 0. The summed E-state index contributed by atoms with van der Waals surface area (Å²) in [7, 11) is -2.15. The van der Waals surface area contributed by atoms with Gasteiger partial charge in [0.2, 0.25) is 0 Å². The molecule has 0 rings (SSSR count). The molecule has 4 nitrogen and oxygen atoms in total. The summed E-state index contributed by atoms with van der Waals surface area (Å²) in [5, 5.41) is 0. The molecule has 0 atom stereocenters. The van der Waals surface area contributed by atoms with Crippen molar-refractivity contribution in [3.8, 4) is 0 Å². The molecule has 0 aromatic heterocycles. The van der Waals surface area contributed by atoms with Gasteiger partial charge in [0.15, 0.2) is 0 Å². The molecule has 0 spiro atoms. The predicted octanol–water partition coefficient (Wildman–Crippen LogP) is 6.27. The van der Waals surface area contributed by atoms with Crippen molar-refractivity contribution in [1.29, 1.82) is 0 Å². The summed E-state index contributed by atoms with van der Waals surface area (Å²) in [5.41, 5.74) is 1.41. The molecule has 0 aromatic rings. The first-order valence-electron chi connectivity index (χ1n) is 9.52. The van der Waals surface area contributed by atoms with Gasteiger partial charge in [0.25, 0.3) is 0 Å². The summed E-state index contributed by atoms with van der Waals surface area (Å²) in [6, 6.07) is 0. The molecular formula is C18H42O4SiZr. The Kier molecular flexibility index (Phi) is 10.7. The Balaban J connectivity index is 6.06. The molecule has 0 heterocycles. The first-order valence-corrected chi connectivity index (χ1v) is 15.7. The molecule has 0 saturated carbocycles. The van der Waals surface area contributed by atoms with Crippen LogP contribution in [0.3, 0.4) is 0 Å². The van der Waals surface area contributed by atoms with Crippen molar-refractivity contribution in [2.75, 3.05) is 0 Å². The summed E-state index contributed by atoms with van der Waals surface area (Å²) >= 11 is -4.17. The Morgan fingerprint density at radius 2 is 0.750 bits per heavy atom. The Bertz CT molecular complexity index is 309. The number of rotatable bonds is 11. The maximum atomic E-state index is 7.02. The third kappa shape index (κ3) is 6.92. The molecule has 24 heavy (non-hydrogen) atoms. The molecule has 0 unspecified atom stereocenters. The van der Waals surface area contributed by atoms with Crippen molar-refractivity contribution >= 4 is 8.32 Å². The van der Waals surface area contributed by atoms with Crippen molar-refractivity contribution in [2.45, 2.75) is 118 Å². The SMILES string of the molecule is CC(C)[O][Zr]([O]C(C)C)([O]C(C)C)[O][Si](C(C)C)(C(C)C)C(C)C. The second-order valence-electron chi connectivity index (χ2n) is 8.42. The van der Waals surface area contributed by atoms with E-state index in [4.69, 9.17) is 10.9 Å². The van der Waals surface area contributed by atoms with Gasteiger partial charge in [-0.15, -0.1) is 0 Å². The Labute approximate surface area is 159 Å². The maximum absolute atomic E-state index is 7.02. The van der Waals surface area contributed by atoms with Gasteiger partial charge in [-0.05, 0) is 0 Å². The van der Waals surface area contributed by atoms with Gasteiger partial charge in [-0.2, -0.15) is 0 Å². The van der Waals surface area contributed by atoms with Crippen LogP contribution in [0.1, 0.15) is 83.1 Å². The average molecular weight is 442 g/mol. The van der Waals surface area contributed by atoms with E-state index in [2.05, 4.69) is 41.5 Å². The third-order valence-corrected chi connectivity index (χ3v) is 20.2. The monoisotopic (exact) mass is 440 g/mol. The Morgan fingerprint density at radius 1 is 0.500 bits per heavy atom. The summed E-state index contributed by atoms with van der Waals surface area (Å²) in [6.45, 7) is 25.9. The van der Waals surface area contributed by atoms with Crippen LogP contribution in [-0.4, -0.2) is 26.6 Å². The fraction of sp³-hybridized carbons (Fsp3) is 1.00. The van der Waals surface area contributed by atoms with Crippen LogP contribution < -0.4 is 0 Å². The molecule has 6 heteroatoms. The second-order valence-corrected chi connectivity index (χ2v) is 19.5. The standard InChI is InChI=1S/C9H21OSi.3C3H7O.Zr/c1-7(2)11(10,8(3)4)9(5)6;3*1-3(2)4;/h7-9H,1-6H3;3*3H,1-2H3;/q4*-1;+4. The fourth-order valence-corrected chi connectivity index (χ4v) is 23.0. The van der Waals surface area contributed by atoms with Crippen LogP contribution in [0.5, 0.6) is 0 Å². The molecule has 146 valence electrons.